The van der Waals surface area contributed by atoms with Gasteiger partial charge in [0.05, 0.1) is 12.7 Å². The Labute approximate surface area is 235 Å². The van der Waals surface area contributed by atoms with Gasteiger partial charge in [-0.05, 0) is 106 Å². The van der Waals surface area contributed by atoms with E-state index in [4.69, 9.17) is 13.6 Å². The molecule has 7 heteroatoms. The Balaban J connectivity index is 1.52. The lowest BCUT2D eigenvalue weighted by atomic mass is 10.1. The predicted octanol–water partition coefficient (Wildman–Crippen LogP) is 8.11. The summed E-state index contributed by atoms with van der Waals surface area (Å²) in [6, 6.07) is 24.8. The van der Waals surface area contributed by atoms with E-state index < -0.39 is 22.6 Å². The molecule has 0 N–H and O–H groups in total. The van der Waals surface area contributed by atoms with Gasteiger partial charge >= 0.3 is 5.97 Å². The highest BCUT2D eigenvalue weighted by Crippen LogP contribution is 2.28. The Morgan fingerprint density at radius 3 is 1.77 bits per heavy atom. The molecule has 0 radical (unpaired) electrons. The zero-order chi connectivity index (χ0) is 28.5. The molecular formula is C32H42O5Si2. The average Bonchev–Trinajstić information content (AvgIpc) is 2.89. The lowest BCUT2D eigenvalue weighted by molar-refractivity contribution is 0.0733. The lowest BCUT2D eigenvalue weighted by Gasteiger charge is -2.34. The lowest BCUT2D eigenvalue weighted by Crippen LogP contribution is -2.44. The quantitative estimate of drug-likeness (QED) is 0.0859. The Morgan fingerprint density at radius 2 is 1.21 bits per heavy atom. The molecule has 3 rings (SSSR count). The van der Waals surface area contributed by atoms with Crippen molar-refractivity contribution in [2.45, 2.75) is 70.9 Å². The highest BCUT2D eigenvalue weighted by molar-refractivity contribution is 6.84. The van der Waals surface area contributed by atoms with Crippen LogP contribution in [0.4, 0.5) is 0 Å². The van der Waals surface area contributed by atoms with Crippen LogP contribution in [-0.2, 0) is 17.0 Å². The molecule has 208 valence electrons. The highest BCUT2D eigenvalue weighted by Gasteiger charge is 2.32. The fourth-order valence-corrected chi connectivity index (χ4v) is 13.9. The molecule has 0 aliphatic carbocycles. The van der Waals surface area contributed by atoms with Crippen molar-refractivity contribution in [2.24, 2.45) is 0 Å². The second-order valence-corrected chi connectivity index (χ2v) is 20.1. The zero-order valence-electron chi connectivity index (χ0n) is 24.2. The van der Waals surface area contributed by atoms with Gasteiger partial charge in [0.2, 0.25) is 0 Å². The van der Waals surface area contributed by atoms with E-state index >= 15 is 0 Å². The Morgan fingerprint density at radius 1 is 0.692 bits per heavy atom. The zero-order valence-corrected chi connectivity index (χ0v) is 26.2. The molecular weight excluding hydrogens is 521 g/mol. The fourth-order valence-electron chi connectivity index (χ4n) is 5.00. The molecule has 5 nitrogen and oxygen atoms in total. The van der Waals surface area contributed by atoms with Crippen LogP contribution in [0.2, 0.25) is 38.3 Å². The van der Waals surface area contributed by atoms with Crippen molar-refractivity contribution in [2.75, 3.05) is 7.11 Å². The molecule has 0 heterocycles. The third kappa shape index (κ3) is 9.60. The van der Waals surface area contributed by atoms with Crippen molar-refractivity contribution < 1.29 is 23.2 Å². The van der Waals surface area contributed by atoms with Crippen LogP contribution in [0.15, 0.2) is 72.8 Å². The number of benzene rings is 3. The summed E-state index contributed by atoms with van der Waals surface area (Å²) < 4.78 is 18.1. The van der Waals surface area contributed by atoms with Crippen LogP contribution in [0.5, 0.6) is 11.5 Å². The second kappa shape index (κ2) is 13.9. The van der Waals surface area contributed by atoms with E-state index in [0.717, 1.165) is 49.1 Å². The molecule has 3 aromatic carbocycles. The molecule has 0 saturated heterocycles. The minimum atomic E-state index is -1.86. The number of methoxy groups -OCH3 is 1. The molecule has 3 aromatic rings. The van der Waals surface area contributed by atoms with Crippen LogP contribution in [0.25, 0.3) is 0 Å². The largest absolute Gasteiger partial charge is 0.496 e. The number of hydrogen-bond donors (Lipinski definition) is 0. The molecule has 0 saturated carbocycles. The van der Waals surface area contributed by atoms with Crippen LogP contribution in [0.3, 0.4) is 0 Å². The van der Waals surface area contributed by atoms with Gasteiger partial charge in [0.25, 0.3) is 0 Å². The fraction of sp³-hybridized carbons (Fsp3) is 0.375. The normalized spacial score (nSPS) is 11.7. The van der Waals surface area contributed by atoms with E-state index in [2.05, 4.69) is 38.3 Å². The summed E-state index contributed by atoms with van der Waals surface area (Å²) in [5.74, 6) is 0.997. The number of Topliss-reactive ketones (excluding diaryl/α,β-unsaturated/α-hetero) is 1. The van der Waals surface area contributed by atoms with Crippen molar-refractivity contribution in [1.29, 1.82) is 0 Å². The van der Waals surface area contributed by atoms with Gasteiger partial charge in [0.1, 0.15) is 11.5 Å². The summed E-state index contributed by atoms with van der Waals surface area (Å²) in [5.41, 5.74) is 3.13. The summed E-state index contributed by atoms with van der Waals surface area (Å²) in [5, 5.41) is 0. The minimum Gasteiger partial charge on any atom is -0.496 e. The van der Waals surface area contributed by atoms with Crippen LogP contribution in [0, 0.1) is 0 Å². The summed E-state index contributed by atoms with van der Waals surface area (Å²) in [4.78, 5) is 24.5. The first-order chi connectivity index (χ1) is 18.5. The smallest absolute Gasteiger partial charge is 0.343 e. The number of aryl methyl sites for hydroxylation is 2. The summed E-state index contributed by atoms with van der Waals surface area (Å²) >= 11 is 0. The first-order valence-corrected chi connectivity index (χ1v) is 20.0. The van der Waals surface area contributed by atoms with Crippen LogP contribution < -0.4 is 9.47 Å². The van der Waals surface area contributed by atoms with Gasteiger partial charge in [-0.15, -0.1) is 0 Å². The first kappa shape index (κ1) is 30.5. The van der Waals surface area contributed by atoms with Crippen molar-refractivity contribution in [1.82, 2.24) is 0 Å². The molecule has 0 aliphatic heterocycles. The Hall–Kier alpha value is -3.01. The van der Waals surface area contributed by atoms with Crippen LogP contribution >= 0.6 is 0 Å². The number of ketones is 1. The number of esters is 1. The van der Waals surface area contributed by atoms with E-state index in [1.807, 2.05) is 36.4 Å². The highest BCUT2D eigenvalue weighted by atomic mass is 28.4. The van der Waals surface area contributed by atoms with Gasteiger partial charge in [-0.25, -0.2) is 4.79 Å². The minimum absolute atomic E-state index is 0.0817. The number of carbonyl (C=O) groups is 2. The third-order valence-electron chi connectivity index (χ3n) is 6.88. The molecule has 0 atom stereocenters. The van der Waals surface area contributed by atoms with Crippen molar-refractivity contribution in [3.63, 3.8) is 0 Å². The van der Waals surface area contributed by atoms with Gasteiger partial charge in [0, 0.05) is 5.56 Å². The topological polar surface area (TPSA) is 61.8 Å². The second-order valence-electron chi connectivity index (χ2n) is 11.3. The molecule has 0 aromatic heterocycles. The first-order valence-electron chi connectivity index (χ1n) is 13.7. The van der Waals surface area contributed by atoms with E-state index in [-0.39, 0.29) is 5.78 Å². The van der Waals surface area contributed by atoms with Crippen LogP contribution in [0.1, 0.15) is 51.6 Å². The number of hydrogen-bond acceptors (Lipinski definition) is 5. The summed E-state index contributed by atoms with van der Waals surface area (Å²) in [6.45, 7) is 10.8. The van der Waals surface area contributed by atoms with Gasteiger partial charge in [0.15, 0.2) is 22.4 Å². The Bertz CT molecular complexity index is 1270. The molecule has 0 spiro atoms. The number of rotatable bonds is 14. The summed E-state index contributed by atoms with van der Waals surface area (Å²) in [6.07, 6.45) is 3.88. The maximum atomic E-state index is 12.8. The maximum Gasteiger partial charge on any atom is 0.343 e. The van der Waals surface area contributed by atoms with E-state index in [1.54, 1.807) is 31.4 Å². The number of para-hydroxylation sites is 2. The van der Waals surface area contributed by atoms with E-state index in [1.165, 1.54) is 12.5 Å². The van der Waals surface area contributed by atoms with Gasteiger partial charge in [-0.2, -0.15) is 0 Å². The SMILES string of the molecule is COc1ccccc1CCC[Si](C)(C)O[Si](C)(C)CCCc1ccccc1OC(=O)c1cccc(C(C)=O)c1. The predicted molar refractivity (Wildman–Crippen MR) is 163 cm³/mol. The molecule has 0 fully saturated rings. The van der Waals surface area contributed by atoms with Gasteiger partial charge in [-0.1, -0.05) is 48.5 Å². The average molecular weight is 563 g/mol. The third-order valence-corrected chi connectivity index (χ3v) is 14.4. The maximum absolute atomic E-state index is 12.8. The number of carbonyl (C=O) groups excluding carboxylic acids is 2. The molecule has 0 amide bonds. The number of ether oxygens (including phenoxy) is 2. The van der Waals surface area contributed by atoms with Gasteiger partial charge in [-0.3, -0.25) is 4.79 Å². The standard InChI is InChI=1S/C32H42O5Si2/c1-25(33)28-16-11-17-29(24-28)32(34)36-31-21-10-8-15-27(31)19-13-23-39(5,6)37-38(3,4)22-12-18-26-14-7-9-20-30(26)35-2/h7-11,14-17,20-21,24H,12-13,18-19,22-23H2,1-6H3. The molecule has 39 heavy (non-hydrogen) atoms. The van der Waals surface area contributed by atoms with Crippen molar-refractivity contribution in [3.8, 4) is 11.5 Å². The van der Waals surface area contributed by atoms with Gasteiger partial charge < -0.3 is 13.6 Å². The monoisotopic (exact) mass is 562 g/mol. The van der Waals surface area contributed by atoms with Crippen LogP contribution in [-0.4, -0.2) is 35.5 Å². The molecule has 0 bridgehead atoms. The van der Waals surface area contributed by atoms with E-state index in [0.29, 0.717) is 16.9 Å². The molecule has 0 unspecified atom stereocenters. The van der Waals surface area contributed by atoms with Crippen molar-refractivity contribution in [3.05, 3.63) is 95.1 Å². The summed E-state index contributed by atoms with van der Waals surface area (Å²) in [7, 11) is -1.94. The van der Waals surface area contributed by atoms with Crippen molar-refractivity contribution >= 4 is 28.4 Å². The van der Waals surface area contributed by atoms with E-state index in [9.17, 15) is 9.59 Å². The molecule has 0 aliphatic rings. The Kier molecular flexibility index (Phi) is 10.9.